The molecular formula is C16H10BrClNO2S-. The third-order valence-electron chi connectivity index (χ3n) is 3.41. The maximum atomic E-state index is 11.7. The number of thiophene rings is 1. The van der Waals surface area contributed by atoms with Crippen LogP contribution in [0.25, 0.3) is 21.5 Å². The minimum absolute atomic E-state index is 0.202. The van der Waals surface area contributed by atoms with Crippen molar-refractivity contribution >= 4 is 55.7 Å². The number of pyridine rings is 1. The fourth-order valence-electron chi connectivity index (χ4n) is 2.50. The largest absolute Gasteiger partial charge is 0.545 e. The maximum absolute atomic E-state index is 11.7. The van der Waals surface area contributed by atoms with Gasteiger partial charge in [-0.25, -0.2) is 4.98 Å². The fraction of sp³-hybridized carbons (Fsp3) is 0.125. The lowest BCUT2D eigenvalue weighted by Crippen LogP contribution is -2.24. The standard InChI is InChI=1S/C16H11BrClNO2S/c1-2-9-14(16(20)21)10-7-8(17)3-4-11(10)19-15(9)12-5-6-13(18)22-12/h3-7H,2H2,1H3,(H,20,21)/p-1. The predicted octanol–water partition coefficient (Wildman–Crippen LogP) is 4.31. The molecule has 0 amide bonds. The van der Waals surface area contributed by atoms with Crippen molar-refractivity contribution in [3.8, 4) is 10.6 Å². The SMILES string of the molecule is CCc1c(-c2ccc(Cl)s2)nc2ccc(Br)cc2c1C(=O)[O-]. The zero-order chi connectivity index (χ0) is 15.9. The number of rotatable bonds is 3. The first-order valence-corrected chi connectivity index (χ1v) is 8.59. The average Bonchev–Trinajstić information content (AvgIpc) is 2.91. The second kappa shape index (κ2) is 5.99. The Morgan fingerprint density at radius 2 is 2.14 bits per heavy atom. The molecule has 0 saturated carbocycles. The molecule has 0 unspecified atom stereocenters. The Hall–Kier alpha value is -1.43. The van der Waals surface area contributed by atoms with Crippen LogP contribution in [0.3, 0.4) is 0 Å². The van der Waals surface area contributed by atoms with Crippen molar-refractivity contribution in [1.29, 1.82) is 0 Å². The molecule has 3 rings (SSSR count). The Morgan fingerprint density at radius 1 is 1.36 bits per heavy atom. The molecule has 0 aliphatic carbocycles. The van der Waals surface area contributed by atoms with E-state index < -0.39 is 5.97 Å². The maximum Gasteiger partial charge on any atom is 0.0935 e. The summed E-state index contributed by atoms with van der Waals surface area (Å²) >= 11 is 10.8. The number of carbonyl (C=O) groups is 1. The summed E-state index contributed by atoms with van der Waals surface area (Å²) in [6.07, 6.45) is 0.545. The Kier molecular flexibility index (Phi) is 4.21. The highest BCUT2D eigenvalue weighted by Gasteiger charge is 2.17. The monoisotopic (exact) mass is 394 g/mol. The molecule has 2 heterocycles. The third kappa shape index (κ3) is 2.64. The second-order valence-electron chi connectivity index (χ2n) is 4.72. The number of fused-ring (bicyclic) bond motifs is 1. The summed E-state index contributed by atoms with van der Waals surface area (Å²) in [7, 11) is 0. The number of halogens is 2. The van der Waals surface area contributed by atoms with Crippen molar-refractivity contribution in [2.45, 2.75) is 13.3 Å². The Labute approximate surface area is 144 Å². The van der Waals surface area contributed by atoms with Gasteiger partial charge in [0.2, 0.25) is 0 Å². The molecule has 3 nitrogen and oxygen atoms in total. The molecule has 2 aromatic heterocycles. The van der Waals surface area contributed by atoms with Gasteiger partial charge in [-0.05, 0) is 42.3 Å². The first-order valence-electron chi connectivity index (χ1n) is 6.60. The van der Waals surface area contributed by atoms with E-state index in [-0.39, 0.29) is 5.56 Å². The van der Waals surface area contributed by atoms with E-state index in [1.54, 1.807) is 18.2 Å². The number of hydrogen-bond acceptors (Lipinski definition) is 4. The molecule has 6 heteroatoms. The van der Waals surface area contributed by atoms with Crippen LogP contribution in [0.5, 0.6) is 0 Å². The van der Waals surface area contributed by atoms with Crippen LogP contribution in [0.4, 0.5) is 0 Å². The highest BCUT2D eigenvalue weighted by Crippen LogP contribution is 2.36. The lowest BCUT2D eigenvalue weighted by molar-refractivity contribution is -0.254. The van der Waals surface area contributed by atoms with Crippen LogP contribution in [0.2, 0.25) is 4.34 Å². The summed E-state index contributed by atoms with van der Waals surface area (Å²) in [5.41, 5.74) is 2.16. The number of aromatic carboxylic acids is 1. The topological polar surface area (TPSA) is 53.0 Å². The van der Waals surface area contributed by atoms with Gasteiger partial charge in [-0.3, -0.25) is 0 Å². The summed E-state index contributed by atoms with van der Waals surface area (Å²) in [4.78, 5) is 17.2. The number of hydrogen-bond donors (Lipinski definition) is 0. The summed E-state index contributed by atoms with van der Waals surface area (Å²) in [5, 5.41) is 12.3. The van der Waals surface area contributed by atoms with Crippen molar-refractivity contribution in [2.75, 3.05) is 0 Å². The average molecular weight is 396 g/mol. The zero-order valence-corrected chi connectivity index (χ0v) is 14.7. The zero-order valence-electron chi connectivity index (χ0n) is 11.5. The molecule has 112 valence electrons. The molecule has 22 heavy (non-hydrogen) atoms. The van der Waals surface area contributed by atoms with Crippen LogP contribution in [0.15, 0.2) is 34.8 Å². The minimum atomic E-state index is -1.19. The molecule has 0 saturated heterocycles. The van der Waals surface area contributed by atoms with E-state index in [4.69, 9.17) is 11.6 Å². The van der Waals surface area contributed by atoms with Gasteiger partial charge in [0, 0.05) is 15.4 Å². The summed E-state index contributed by atoms with van der Waals surface area (Å²) < 4.78 is 1.45. The first kappa shape index (κ1) is 15.5. The Morgan fingerprint density at radius 3 is 2.73 bits per heavy atom. The number of carboxylic acids is 1. The van der Waals surface area contributed by atoms with Gasteiger partial charge in [-0.1, -0.05) is 34.5 Å². The van der Waals surface area contributed by atoms with E-state index in [9.17, 15) is 9.90 Å². The molecule has 0 fully saturated rings. The second-order valence-corrected chi connectivity index (χ2v) is 7.35. The normalized spacial score (nSPS) is 11.0. The van der Waals surface area contributed by atoms with E-state index in [0.29, 0.717) is 32.9 Å². The van der Waals surface area contributed by atoms with E-state index in [2.05, 4.69) is 20.9 Å². The molecule has 0 radical (unpaired) electrons. The van der Waals surface area contributed by atoms with Gasteiger partial charge >= 0.3 is 0 Å². The van der Waals surface area contributed by atoms with Gasteiger partial charge in [-0.2, -0.15) is 0 Å². The van der Waals surface area contributed by atoms with Crippen molar-refractivity contribution in [3.63, 3.8) is 0 Å². The van der Waals surface area contributed by atoms with Crippen molar-refractivity contribution < 1.29 is 9.90 Å². The quantitative estimate of drug-likeness (QED) is 0.664. The molecule has 0 aliphatic heterocycles. The molecule has 0 spiro atoms. The van der Waals surface area contributed by atoms with Gasteiger partial charge in [0.15, 0.2) is 0 Å². The van der Waals surface area contributed by atoms with Crippen LogP contribution >= 0.6 is 38.9 Å². The van der Waals surface area contributed by atoms with Crippen molar-refractivity contribution in [3.05, 3.63) is 50.3 Å². The highest BCUT2D eigenvalue weighted by atomic mass is 79.9. The molecule has 3 aromatic rings. The lowest BCUT2D eigenvalue weighted by atomic mass is 9.98. The highest BCUT2D eigenvalue weighted by molar-refractivity contribution is 9.10. The number of aromatic nitrogens is 1. The Bertz CT molecular complexity index is 891. The predicted molar refractivity (Wildman–Crippen MR) is 91.5 cm³/mol. The van der Waals surface area contributed by atoms with Crippen molar-refractivity contribution in [1.82, 2.24) is 4.98 Å². The van der Waals surface area contributed by atoms with Gasteiger partial charge < -0.3 is 9.90 Å². The van der Waals surface area contributed by atoms with Gasteiger partial charge in [0.25, 0.3) is 0 Å². The Balaban J connectivity index is 2.43. The van der Waals surface area contributed by atoms with Gasteiger partial charge in [-0.15, -0.1) is 11.3 Å². The third-order valence-corrected chi connectivity index (χ3v) is 5.14. The number of carboxylic acid groups (broad SMARTS) is 1. The van der Waals surface area contributed by atoms with Crippen molar-refractivity contribution in [2.24, 2.45) is 0 Å². The number of benzene rings is 1. The smallest absolute Gasteiger partial charge is 0.0935 e. The van der Waals surface area contributed by atoms with Crippen LogP contribution in [0.1, 0.15) is 22.8 Å². The lowest BCUT2D eigenvalue weighted by Gasteiger charge is -2.16. The molecule has 0 bridgehead atoms. The molecule has 0 aliphatic rings. The molecule has 1 aromatic carbocycles. The minimum Gasteiger partial charge on any atom is -0.545 e. The van der Waals surface area contributed by atoms with E-state index in [1.807, 2.05) is 19.1 Å². The molecule has 0 atom stereocenters. The van der Waals surface area contributed by atoms with Crippen LogP contribution < -0.4 is 5.11 Å². The summed E-state index contributed by atoms with van der Waals surface area (Å²) in [5.74, 6) is -1.19. The number of carbonyl (C=O) groups excluding carboxylic acids is 1. The first-order chi connectivity index (χ1) is 10.5. The summed E-state index contributed by atoms with van der Waals surface area (Å²) in [6.45, 7) is 1.91. The van der Waals surface area contributed by atoms with E-state index in [0.717, 1.165) is 9.35 Å². The van der Waals surface area contributed by atoms with E-state index >= 15 is 0 Å². The van der Waals surface area contributed by atoms with Crippen LogP contribution in [0, 0.1) is 0 Å². The van der Waals surface area contributed by atoms with Crippen LogP contribution in [-0.4, -0.2) is 11.0 Å². The van der Waals surface area contributed by atoms with Gasteiger partial charge in [0.1, 0.15) is 0 Å². The van der Waals surface area contributed by atoms with Gasteiger partial charge in [0.05, 0.1) is 26.4 Å². The molecule has 0 N–H and O–H groups in total. The van der Waals surface area contributed by atoms with Crippen LogP contribution in [-0.2, 0) is 6.42 Å². The summed E-state index contributed by atoms with van der Waals surface area (Å²) in [6, 6.07) is 9.04. The number of nitrogens with zero attached hydrogens (tertiary/aromatic N) is 1. The fourth-order valence-corrected chi connectivity index (χ4v) is 3.92. The molecular weight excluding hydrogens is 386 g/mol. The van der Waals surface area contributed by atoms with E-state index in [1.165, 1.54) is 11.3 Å².